The average molecular weight is 494 g/mol. The fourth-order valence-corrected chi connectivity index (χ4v) is 5.77. The van der Waals surface area contributed by atoms with Crippen LogP contribution in [0.2, 0.25) is 0 Å². The van der Waals surface area contributed by atoms with Crippen LogP contribution in [-0.4, -0.2) is 43.8 Å². The first kappa shape index (κ1) is 24.4. The van der Waals surface area contributed by atoms with Crippen molar-refractivity contribution in [1.82, 2.24) is 4.90 Å². The Labute approximate surface area is 205 Å². The molecule has 0 atom stereocenters. The molecule has 0 unspecified atom stereocenters. The summed E-state index contributed by atoms with van der Waals surface area (Å²) in [4.78, 5) is 25.5. The monoisotopic (exact) mass is 493 g/mol. The zero-order valence-corrected chi connectivity index (χ0v) is 20.0. The van der Waals surface area contributed by atoms with Gasteiger partial charge in [0, 0.05) is 25.2 Å². The zero-order chi connectivity index (χ0) is 24.8. The topological polar surface area (TPSA) is 101 Å². The Morgan fingerprint density at radius 3 is 2.06 bits per heavy atom. The van der Waals surface area contributed by atoms with Gasteiger partial charge in [0.25, 0.3) is 15.7 Å². The summed E-state index contributed by atoms with van der Waals surface area (Å²) in [5, 5.41) is 11.0. The molecule has 1 saturated heterocycles. The SMILES string of the molecule is O=C(CN(c1ccc([N+](=O)[O-])cc1)S(=O)(=O)c1ccccc1)N1CCC(Cc2ccccc2)CC1. The molecule has 1 heterocycles. The number of rotatable bonds is 8. The van der Waals surface area contributed by atoms with E-state index >= 15 is 0 Å². The highest BCUT2D eigenvalue weighted by molar-refractivity contribution is 7.92. The molecule has 182 valence electrons. The van der Waals surface area contributed by atoms with E-state index in [9.17, 15) is 23.3 Å². The molecule has 3 aromatic rings. The number of likely N-dealkylation sites (tertiary alicyclic amines) is 1. The molecule has 0 spiro atoms. The second kappa shape index (κ2) is 10.7. The minimum absolute atomic E-state index is 0.0488. The van der Waals surface area contributed by atoms with E-state index < -0.39 is 14.9 Å². The third kappa shape index (κ3) is 5.86. The van der Waals surface area contributed by atoms with Gasteiger partial charge < -0.3 is 4.90 Å². The Morgan fingerprint density at radius 1 is 0.914 bits per heavy atom. The van der Waals surface area contributed by atoms with Crippen molar-refractivity contribution in [3.8, 4) is 0 Å². The van der Waals surface area contributed by atoms with Crippen LogP contribution in [0.15, 0.2) is 89.8 Å². The van der Waals surface area contributed by atoms with Crippen molar-refractivity contribution in [2.75, 3.05) is 23.9 Å². The second-order valence-electron chi connectivity index (χ2n) is 8.61. The number of non-ortho nitro benzene ring substituents is 1. The lowest BCUT2D eigenvalue weighted by atomic mass is 9.90. The Bertz CT molecular complexity index is 1260. The van der Waals surface area contributed by atoms with Gasteiger partial charge in [0.15, 0.2) is 0 Å². The third-order valence-electron chi connectivity index (χ3n) is 6.29. The predicted molar refractivity (Wildman–Crippen MR) is 134 cm³/mol. The largest absolute Gasteiger partial charge is 0.341 e. The summed E-state index contributed by atoms with van der Waals surface area (Å²) in [7, 11) is -4.06. The first-order valence-electron chi connectivity index (χ1n) is 11.5. The van der Waals surface area contributed by atoms with E-state index in [1.807, 2.05) is 18.2 Å². The third-order valence-corrected chi connectivity index (χ3v) is 8.08. The predicted octanol–water partition coefficient (Wildman–Crippen LogP) is 4.27. The Hall–Kier alpha value is -3.72. The molecule has 0 aromatic heterocycles. The molecule has 35 heavy (non-hydrogen) atoms. The number of nitro benzene ring substituents is 1. The molecule has 0 aliphatic carbocycles. The molecular weight excluding hydrogens is 466 g/mol. The standard InChI is InChI=1S/C26H27N3O5S/c30-26(27-17-15-22(16-18-27)19-21-7-3-1-4-8-21)20-28(23-11-13-24(14-12-23)29(31)32)35(33,34)25-9-5-2-6-10-25/h1-14,22H,15-20H2. The fraction of sp³-hybridized carbons (Fsp3) is 0.269. The van der Waals surface area contributed by atoms with Crippen LogP contribution in [0.25, 0.3) is 0 Å². The van der Waals surface area contributed by atoms with Gasteiger partial charge in [-0.05, 0) is 55.0 Å². The number of benzene rings is 3. The van der Waals surface area contributed by atoms with Gasteiger partial charge in [0.05, 0.1) is 15.5 Å². The number of hydrogen-bond acceptors (Lipinski definition) is 5. The van der Waals surface area contributed by atoms with Gasteiger partial charge in [0.1, 0.15) is 6.54 Å². The van der Waals surface area contributed by atoms with E-state index in [0.29, 0.717) is 19.0 Å². The highest BCUT2D eigenvalue weighted by atomic mass is 32.2. The Kier molecular flexibility index (Phi) is 7.45. The molecule has 9 heteroatoms. The number of sulfonamides is 1. The van der Waals surface area contributed by atoms with Gasteiger partial charge >= 0.3 is 0 Å². The second-order valence-corrected chi connectivity index (χ2v) is 10.5. The maximum atomic E-state index is 13.4. The Morgan fingerprint density at radius 2 is 1.49 bits per heavy atom. The lowest BCUT2D eigenvalue weighted by Crippen LogP contribution is -2.46. The van der Waals surface area contributed by atoms with Gasteiger partial charge in [-0.15, -0.1) is 0 Å². The van der Waals surface area contributed by atoms with Crippen molar-refractivity contribution in [2.24, 2.45) is 5.92 Å². The number of nitrogens with zero attached hydrogens (tertiary/aromatic N) is 3. The number of piperidine rings is 1. The van der Waals surface area contributed by atoms with Crippen LogP contribution in [0.3, 0.4) is 0 Å². The van der Waals surface area contributed by atoms with Gasteiger partial charge in [-0.3, -0.25) is 19.2 Å². The number of carbonyl (C=O) groups excluding carboxylic acids is 1. The van der Waals surface area contributed by atoms with Crippen LogP contribution < -0.4 is 4.31 Å². The molecule has 1 aliphatic rings. The van der Waals surface area contributed by atoms with Crippen molar-refractivity contribution in [2.45, 2.75) is 24.2 Å². The van der Waals surface area contributed by atoms with Crippen LogP contribution in [0.5, 0.6) is 0 Å². The quantitative estimate of drug-likeness (QED) is 0.345. The molecule has 0 radical (unpaired) electrons. The molecule has 4 rings (SSSR count). The van der Waals surface area contributed by atoms with E-state index in [2.05, 4.69) is 12.1 Å². The number of hydrogen-bond donors (Lipinski definition) is 0. The van der Waals surface area contributed by atoms with Crippen LogP contribution in [-0.2, 0) is 21.2 Å². The van der Waals surface area contributed by atoms with E-state index in [4.69, 9.17) is 0 Å². The maximum Gasteiger partial charge on any atom is 0.269 e. The van der Waals surface area contributed by atoms with Crippen molar-refractivity contribution in [3.63, 3.8) is 0 Å². The van der Waals surface area contributed by atoms with E-state index in [1.54, 1.807) is 23.1 Å². The molecule has 8 nitrogen and oxygen atoms in total. The van der Waals surface area contributed by atoms with Crippen molar-refractivity contribution in [1.29, 1.82) is 0 Å². The smallest absolute Gasteiger partial charge is 0.269 e. The van der Waals surface area contributed by atoms with Crippen molar-refractivity contribution in [3.05, 3.63) is 101 Å². The highest BCUT2D eigenvalue weighted by Gasteiger charge is 2.30. The number of carbonyl (C=O) groups is 1. The van der Waals surface area contributed by atoms with Crippen LogP contribution in [0, 0.1) is 16.0 Å². The van der Waals surface area contributed by atoms with E-state index in [1.165, 1.54) is 42.0 Å². The Balaban J connectivity index is 1.50. The summed E-state index contributed by atoms with van der Waals surface area (Å²) in [6.07, 6.45) is 2.66. The summed E-state index contributed by atoms with van der Waals surface area (Å²) in [5.74, 6) is 0.182. The zero-order valence-electron chi connectivity index (χ0n) is 19.2. The summed E-state index contributed by atoms with van der Waals surface area (Å²) < 4.78 is 27.9. The van der Waals surface area contributed by atoms with Crippen molar-refractivity contribution < 1.29 is 18.1 Å². The molecule has 0 saturated carbocycles. The van der Waals surface area contributed by atoms with Gasteiger partial charge in [-0.25, -0.2) is 8.42 Å². The molecule has 1 aliphatic heterocycles. The molecule has 0 bridgehead atoms. The van der Waals surface area contributed by atoms with Crippen LogP contribution in [0.4, 0.5) is 11.4 Å². The lowest BCUT2D eigenvalue weighted by Gasteiger charge is -2.34. The maximum absolute atomic E-state index is 13.4. The number of amides is 1. The molecule has 1 amide bonds. The first-order chi connectivity index (χ1) is 16.8. The number of anilines is 1. The van der Waals surface area contributed by atoms with Gasteiger partial charge in [-0.1, -0.05) is 48.5 Å². The van der Waals surface area contributed by atoms with Gasteiger partial charge in [-0.2, -0.15) is 0 Å². The normalized spacial score (nSPS) is 14.5. The minimum atomic E-state index is -4.06. The lowest BCUT2D eigenvalue weighted by molar-refractivity contribution is -0.384. The van der Waals surface area contributed by atoms with Crippen LogP contribution >= 0.6 is 0 Å². The number of nitro groups is 1. The molecule has 3 aromatic carbocycles. The average Bonchev–Trinajstić information content (AvgIpc) is 2.88. The van der Waals surface area contributed by atoms with E-state index in [-0.39, 0.29) is 28.7 Å². The van der Waals surface area contributed by atoms with Crippen molar-refractivity contribution >= 4 is 27.3 Å². The molecule has 1 fully saturated rings. The van der Waals surface area contributed by atoms with E-state index in [0.717, 1.165) is 23.6 Å². The summed E-state index contributed by atoms with van der Waals surface area (Å²) in [6, 6.07) is 23.3. The highest BCUT2D eigenvalue weighted by Crippen LogP contribution is 2.27. The first-order valence-corrected chi connectivity index (χ1v) is 12.9. The van der Waals surface area contributed by atoms with Gasteiger partial charge in [0.2, 0.25) is 5.91 Å². The fourth-order valence-electron chi connectivity index (χ4n) is 4.33. The minimum Gasteiger partial charge on any atom is -0.341 e. The summed E-state index contributed by atoms with van der Waals surface area (Å²) in [6.45, 7) is 0.754. The summed E-state index contributed by atoms with van der Waals surface area (Å²) >= 11 is 0. The van der Waals surface area contributed by atoms with Crippen LogP contribution in [0.1, 0.15) is 18.4 Å². The molecular formula is C26H27N3O5S. The molecule has 0 N–H and O–H groups in total. The summed E-state index contributed by atoms with van der Waals surface area (Å²) in [5.41, 5.74) is 1.32.